The molecule has 4 aromatic rings. The van der Waals surface area contributed by atoms with Crippen LogP contribution in [0.5, 0.6) is 0 Å². The van der Waals surface area contributed by atoms with Crippen molar-refractivity contribution in [2.24, 2.45) is 12.8 Å². The summed E-state index contributed by atoms with van der Waals surface area (Å²) in [7, 11) is 1.68. The van der Waals surface area contributed by atoms with Gasteiger partial charge >= 0.3 is 0 Å². The number of rotatable bonds is 7. The number of hydrogen-bond acceptors (Lipinski definition) is 5. The van der Waals surface area contributed by atoms with Crippen LogP contribution >= 0.6 is 0 Å². The lowest BCUT2D eigenvalue weighted by atomic mass is 9.86. The molecule has 0 atom stereocenters. The zero-order valence-electron chi connectivity index (χ0n) is 22.9. The molecule has 0 aliphatic carbocycles. The Bertz CT molecular complexity index is 1580. The van der Waals surface area contributed by atoms with Crippen molar-refractivity contribution in [2.45, 2.75) is 39.5 Å². The lowest BCUT2D eigenvalue weighted by molar-refractivity contribution is 0.102. The molecule has 0 fully saturated rings. The highest BCUT2D eigenvalue weighted by atomic mass is 16.1. The summed E-state index contributed by atoms with van der Waals surface area (Å²) in [5.74, 6) is 0.0768. The van der Waals surface area contributed by atoms with Gasteiger partial charge in [0.1, 0.15) is 0 Å². The van der Waals surface area contributed by atoms with Crippen LogP contribution in [0.1, 0.15) is 47.8 Å². The van der Waals surface area contributed by atoms with Crippen LogP contribution in [0.2, 0.25) is 0 Å². The van der Waals surface area contributed by atoms with Gasteiger partial charge in [-0.2, -0.15) is 0 Å². The lowest BCUT2D eigenvalue weighted by Gasteiger charge is -2.19. The van der Waals surface area contributed by atoms with Gasteiger partial charge in [-0.1, -0.05) is 57.2 Å². The zero-order chi connectivity index (χ0) is 28.3. The van der Waals surface area contributed by atoms with Gasteiger partial charge in [0.15, 0.2) is 5.82 Å². The van der Waals surface area contributed by atoms with Crippen LogP contribution in [0, 0.1) is 12.3 Å². The largest absolute Gasteiger partial charge is 0.387 e. The first-order chi connectivity index (χ1) is 18.4. The minimum absolute atomic E-state index is 0.00929. The van der Waals surface area contributed by atoms with Gasteiger partial charge in [0.05, 0.1) is 11.5 Å². The summed E-state index contributed by atoms with van der Waals surface area (Å²) in [6, 6.07) is 20.6. The van der Waals surface area contributed by atoms with Crippen LogP contribution in [0.25, 0.3) is 11.3 Å². The summed E-state index contributed by atoms with van der Waals surface area (Å²) in [5.41, 5.74) is 11.5. The van der Waals surface area contributed by atoms with Crippen molar-refractivity contribution < 1.29 is 4.79 Å². The molecule has 3 aromatic carbocycles. The van der Waals surface area contributed by atoms with Crippen LogP contribution in [-0.2, 0) is 18.9 Å². The fraction of sp³-hybridized carbons (Fsp3) is 0.226. The van der Waals surface area contributed by atoms with Crippen molar-refractivity contribution in [3.63, 3.8) is 0 Å². The molecule has 39 heavy (non-hydrogen) atoms. The maximum Gasteiger partial charge on any atom is 0.293 e. The Kier molecular flexibility index (Phi) is 7.67. The Morgan fingerprint density at radius 2 is 1.69 bits per heavy atom. The number of hydrogen-bond donors (Lipinski definition) is 4. The molecule has 4 rings (SSSR count). The van der Waals surface area contributed by atoms with E-state index < -0.39 is 0 Å². The lowest BCUT2D eigenvalue weighted by Crippen LogP contribution is -2.21. The van der Waals surface area contributed by atoms with E-state index in [2.05, 4.69) is 36.4 Å². The first kappa shape index (κ1) is 27.3. The monoisotopic (exact) mass is 522 g/mol. The molecule has 0 unspecified atom stereocenters. The molecular formula is C31H34N6O2. The standard InChI is InChI=1S/C31H34N6O2/c1-19-24(7-6-8-25(19)36-29(38)21-11-13-22(14-12-21)31(2,3)4)26-18-37(5)30(39)28(35-26)34-23-15-9-20(10-16-23)17-27(32)33/h6-16,18H,17H2,1-5H3,(H3,32,33)(H,34,35)(H,36,38). The fourth-order valence-electron chi connectivity index (χ4n) is 4.24. The van der Waals surface area contributed by atoms with Crippen molar-refractivity contribution in [1.29, 1.82) is 5.41 Å². The van der Waals surface area contributed by atoms with Crippen molar-refractivity contribution in [3.05, 3.63) is 106 Å². The van der Waals surface area contributed by atoms with Crippen molar-refractivity contribution in [2.75, 3.05) is 10.6 Å². The molecule has 0 saturated carbocycles. The number of carbonyl (C=O) groups excluding carboxylic acids is 1. The molecule has 1 heterocycles. The molecule has 8 nitrogen and oxygen atoms in total. The average molecular weight is 523 g/mol. The third-order valence-electron chi connectivity index (χ3n) is 6.55. The third kappa shape index (κ3) is 6.41. The van der Waals surface area contributed by atoms with Gasteiger partial charge in [-0.15, -0.1) is 0 Å². The Hall–Kier alpha value is -4.72. The number of amides is 1. The predicted octanol–water partition coefficient (Wildman–Crippen LogP) is 5.53. The molecule has 1 aromatic heterocycles. The maximum atomic E-state index is 13.0. The second kappa shape index (κ2) is 10.9. The Morgan fingerprint density at radius 3 is 2.31 bits per heavy atom. The Morgan fingerprint density at radius 1 is 1.03 bits per heavy atom. The average Bonchev–Trinajstić information content (AvgIpc) is 2.88. The molecule has 0 bridgehead atoms. The van der Waals surface area contributed by atoms with Crippen molar-refractivity contribution >= 4 is 28.9 Å². The first-order valence-corrected chi connectivity index (χ1v) is 12.7. The van der Waals surface area contributed by atoms with Gasteiger partial charge in [0.25, 0.3) is 11.5 Å². The number of benzene rings is 3. The topological polar surface area (TPSA) is 126 Å². The molecule has 0 aliphatic heterocycles. The number of nitrogens with zero attached hydrogens (tertiary/aromatic N) is 2. The second-order valence-electron chi connectivity index (χ2n) is 10.7. The normalized spacial score (nSPS) is 11.2. The highest BCUT2D eigenvalue weighted by Gasteiger charge is 2.16. The number of aryl methyl sites for hydroxylation is 1. The Balaban J connectivity index is 1.59. The summed E-state index contributed by atoms with van der Waals surface area (Å²) in [5, 5.41) is 13.6. The molecule has 8 heteroatoms. The quantitative estimate of drug-likeness (QED) is 0.188. The van der Waals surface area contributed by atoms with Gasteiger partial charge in [0.2, 0.25) is 0 Å². The van der Waals surface area contributed by atoms with E-state index in [1.165, 1.54) is 4.57 Å². The minimum Gasteiger partial charge on any atom is -0.387 e. The first-order valence-electron chi connectivity index (χ1n) is 12.7. The third-order valence-corrected chi connectivity index (χ3v) is 6.55. The van der Waals surface area contributed by atoms with E-state index in [1.54, 1.807) is 13.2 Å². The van der Waals surface area contributed by atoms with E-state index in [1.807, 2.05) is 73.7 Å². The molecule has 5 N–H and O–H groups in total. The number of amidine groups is 1. The molecule has 0 saturated heterocycles. The molecule has 1 amide bonds. The van der Waals surface area contributed by atoms with Gasteiger partial charge < -0.3 is 20.9 Å². The van der Waals surface area contributed by atoms with Crippen LogP contribution in [0.4, 0.5) is 17.2 Å². The minimum atomic E-state index is -0.271. The molecule has 0 aliphatic rings. The van der Waals surface area contributed by atoms with Crippen LogP contribution in [-0.4, -0.2) is 21.3 Å². The van der Waals surface area contributed by atoms with Gasteiger partial charge in [0, 0.05) is 42.2 Å². The summed E-state index contributed by atoms with van der Waals surface area (Å²) in [6.07, 6.45) is 2.05. The summed E-state index contributed by atoms with van der Waals surface area (Å²) in [4.78, 5) is 30.5. The molecule has 0 spiro atoms. The van der Waals surface area contributed by atoms with E-state index in [-0.39, 0.29) is 28.5 Å². The van der Waals surface area contributed by atoms with E-state index in [0.717, 1.165) is 22.3 Å². The summed E-state index contributed by atoms with van der Waals surface area (Å²) in [6.45, 7) is 8.33. The maximum absolute atomic E-state index is 13.0. The van der Waals surface area contributed by atoms with Gasteiger partial charge in [-0.05, 0) is 59.4 Å². The van der Waals surface area contributed by atoms with Gasteiger partial charge in [-0.25, -0.2) is 4.98 Å². The fourth-order valence-corrected chi connectivity index (χ4v) is 4.24. The second-order valence-corrected chi connectivity index (χ2v) is 10.7. The van der Waals surface area contributed by atoms with Crippen molar-refractivity contribution in [1.82, 2.24) is 9.55 Å². The van der Waals surface area contributed by atoms with E-state index in [4.69, 9.17) is 11.1 Å². The SMILES string of the molecule is Cc1c(NC(=O)c2ccc(C(C)(C)C)cc2)cccc1-c1cn(C)c(=O)c(Nc2ccc(CC(=N)N)cc2)n1. The number of aromatic nitrogens is 2. The highest BCUT2D eigenvalue weighted by molar-refractivity contribution is 6.05. The summed E-state index contributed by atoms with van der Waals surface area (Å²) >= 11 is 0. The zero-order valence-corrected chi connectivity index (χ0v) is 22.9. The van der Waals surface area contributed by atoms with E-state index >= 15 is 0 Å². The molecular weight excluding hydrogens is 488 g/mol. The molecule has 0 radical (unpaired) electrons. The Labute approximate surface area is 228 Å². The number of nitrogens with one attached hydrogen (secondary N) is 3. The van der Waals surface area contributed by atoms with E-state index in [0.29, 0.717) is 29.1 Å². The highest BCUT2D eigenvalue weighted by Crippen LogP contribution is 2.29. The number of anilines is 3. The molecule has 200 valence electrons. The predicted molar refractivity (Wildman–Crippen MR) is 158 cm³/mol. The smallest absolute Gasteiger partial charge is 0.293 e. The van der Waals surface area contributed by atoms with Crippen LogP contribution in [0.3, 0.4) is 0 Å². The van der Waals surface area contributed by atoms with Crippen molar-refractivity contribution in [3.8, 4) is 11.3 Å². The number of nitrogens with two attached hydrogens (primary N) is 1. The summed E-state index contributed by atoms with van der Waals surface area (Å²) < 4.78 is 1.48. The van der Waals surface area contributed by atoms with Crippen LogP contribution < -0.4 is 21.9 Å². The number of carbonyl (C=O) groups is 1. The van der Waals surface area contributed by atoms with Gasteiger partial charge in [-0.3, -0.25) is 15.0 Å². The van der Waals surface area contributed by atoms with E-state index in [9.17, 15) is 9.59 Å². The van der Waals surface area contributed by atoms with Crippen LogP contribution in [0.15, 0.2) is 77.7 Å².